The van der Waals surface area contributed by atoms with Gasteiger partial charge in [-0.2, -0.15) is 5.10 Å². The van der Waals surface area contributed by atoms with E-state index in [0.29, 0.717) is 13.1 Å². The maximum Gasteiger partial charge on any atom is 0.318 e. The monoisotopic (exact) mass is 310 g/mol. The first-order valence-electron chi connectivity index (χ1n) is 7.40. The van der Waals surface area contributed by atoms with Crippen LogP contribution in [0.15, 0.2) is 12.7 Å². The molecule has 2 N–H and O–H groups in total. The number of urea groups is 1. The lowest BCUT2D eigenvalue weighted by molar-refractivity contribution is -0.123. The molecule has 0 bridgehead atoms. The fraction of sp³-hybridized carbons (Fsp3) is 0.714. The molecule has 0 radical (unpaired) electrons. The topological polar surface area (TPSA) is 92.2 Å². The van der Waals surface area contributed by atoms with Crippen LogP contribution in [0.5, 0.6) is 0 Å². The highest BCUT2D eigenvalue weighted by atomic mass is 16.2. The maximum atomic E-state index is 12.2. The number of hydrogen-bond donors (Lipinski definition) is 2. The van der Waals surface area contributed by atoms with Crippen LogP contribution in [0.25, 0.3) is 0 Å². The Labute approximate surface area is 131 Å². The molecule has 1 heterocycles. The molecule has 0 saturated heterocycles. The van der Waals surface area contributed by atoms with Crippen LogP contribution in [-0.2, 0) is 11.3 Å². The summed E-state index contributed by atoms with van der Waals surface area (Å²) < 4.78 is 1.65. The Morgan fingerprint density at radius 2 is 2.05 bits per heavy atom. The molecule has 3 amide bonds. The number of amides is 3. The van der Waals surface area contributed by atoms with Gasteiger partial charge in [0, 0.05) is 18.1 Å². The number of carbonyl (C=O) groups is 2. The van der Waals surface area contributed by atoms with E-state index in [2.05, 4.69) is 20.7 Å². The van der Waals surface area contributed by atoms with Gasteiger partial charge in [-0.15, -0.1) is 0 Å². The lowest BCUT2D eigenvalue weighted by Crippen LogP contribution is -2.51. The van der Waals surface area contributed by atoms with Gasteiger partial charge in [-0.05, 0) is 34.6 Å². The lowest BCUT2D eigenvalue weighted by atomic mass is 10.1. The number of nitrogens with zero attached hydrogens (tertiary/aromatic N) is 4. The normalized spacial score (nSPS) is 12.6. The van der Waals surface area contributed by atoms with Crippen LogP contribution in [0, 0.1) is 0 Å². The Kier molecular flexibility index (Phi) is 6.33. The Hall–Kier alpha value is -2.12. The molecule has 22 heavy (non-hydrogen) atoms. The Balaban J connectivity index is 2.48. The molecule has 0 aromatic carbocycles. The summed E-state index contributed by atoms with van der Waals surface area (Å²) in [4.78, 5) is 29.4. The van der Waals surface area contributed by atoms with Crippen molar-refractivity contribution >= 4 is 11.9 Å². The highest BCUT2D eigenvalue weighted by Crippen LogP contribution is 2.00. The average molecular weight is 310 g/mol. The standard InChI is InChI=1S/C14H26N6O2/c1-6-19(8-12(21)18-14(3,4)5)13(22)17-11(2)7-20-10-15-9-16-20/h9-11H,6-8H2,1-5H3,(H,17,22)(H,18,21)/t11-/m1/s1. The third-order valence-corrected chi connectivity index (χ3v) is 2.82. The van der Waals surface area contributed by atoms with E-state index in [0.717, 1.165) is 0 Å². The van der Waals surface area contributed by atoms with Gasteiger partial charge in [0.2, 0.25) is 5.91 Å². The van der Waals surface area contributed by atoms with Gasteiger partial charge in [0.1, 0.15) is 19.2 Å². The van der Waals surface area contributed by atoms with Crippen molar-refractivity contribution in [3.05, 3.63) is 12.7 Å². The molecule has 0 aliphatic carbocycles. The summed E-state index contributed by atoms with van der Waals surface area (Å²) in [5.41, 5.74) is -0.312. The SMILES string of the molecule is CCN(CC(=O)NC(C)(C)C)C(=O)N[C@H](C)Cn1cncn1. The van der Waals surface area contributed by atoms with E-state index < -0.39 is 0 Å². The summed E-state index contributed by atoms with van der Waals surface area (Å²) in [5, 5.41) is 9.69. The molecule has 1 atom stereocenters. The van der Waals surface area contributed by atoms with Crippen LogP contribution in [0.2, 0.25) is 0 Å². The van der Waals surface area contributed by atoms with Crippen LogP contribution in [0.4, 0.5) is 4.79 Å². The molecule has 0 aliphatic heterocycles. The Bertz CT molecular complexity index is 480. The van der Waals surface area contributed by atoms with Gasteiger partial charge in [0.05, 0.1) is 6.54 Å². The van der Waals surface area contributed by atoms with Gasteiger partial charge in [0.25, 0.3) is 0 Å². The summed E-state index contributed by atoms with van der Waals surface area (Å²) in [6.45, 7) is 10.5. The van der Waals surface area contributed by atoms with Crippen molar-refractivity contribution < 1.29 is 9.59 Å². The first-order valence-corrected chi connectivity index (χ1v) is 7.40. The second-order valence-corrected chi connectivity index (χ2v) is 6.28. The van der Waals surface area contributed by atoms with E-state index in [-0.39, 0.29) is 30.1 Å². The number of hydrogen-bond acceptors (Lipinski definition) is 4. The smallest absolute Gasteiger partial charge is 0.318 e. The summed E-state index contributed by atoms with van der Waals surface area (Å²) in [6.07, 6.45) is 3.04. The second-order valence-electron chi connectivity index (χ2n) is 6.28. The lowest BCUT2D eigenvalue weighted by Gasteiger charge is -2.26. The zero-order valence-corrected chi connectivity index (χ0v) is 14.0. The van der Waals surface area contributed by atoms with Crippen molar-refractivity contribution in [2.75, 3.05) is 13.1 Å². The van der Waals surface area contributed by atoms with E-state index in [4.69, 9.17) is 0 Å². The van der Waals surface area contributed by atoms with Crippen molar-refractivity contribution in [2.24, 2.45) is 0 Å². The predicted octanol–water partition coefficient (Wildman–Crippen LogP) is 0.613. The fourth-order valence-electron chi connectivity index (χ4n) is 1.91. The van der Waals surface area contributed by atoms with Gasteiger partial charge < -0.3 is 15.5 Å². The molecule has 0 aliphatic rings. The van der Waals surface area contributed by atoms with Gasteiger partial charge >= 0.3 is 6.03 Å². The molecule has 124 valence electrons. The minimum Gasteiger partial charge on any atom is -0.350 e. The molecule has 0 saturated carbocycles. The molecule has 1 rings (SSSR count). The van der Waals surface area contributed by atoms with Gasteiger partial charge in [-0.3, -0.25) is 9.48 Å². The number of rotatable bonds is 6. The molecular weight excluding hydrogens is 284 g/mol. The molecule has 0 spiro atoms. The van der Waals surface area contributed by atoms with Crippen LogP contribution in [0.1, 0.15) is 34.6 Å². The van der Waals surface area contributed by atoms with Gasteiger partial charge in [-0.1, -0.05) is 0 Å². The Morgan fingerprint density at radius 3 is 2.55 bits per heavy atom. The molecule has 0 fully saturated rings. The minimum atomic E-state index is -0.312. The van der Waals surface area contributed by atoms with Crippen molar-refractivity contribution in [3.8, 4) is 0 Å². The zero-order valence-electron chi connectivity index (χ0n) is 14.0. The maximum absolute atomic E-state index is 12.2. The average Bonchev–Trinajstić information content (AvgIpc) is 2.86. The first-order chi connectivity index (χ1) is 10.2. The van der Waals surface area contributed by atoms with Crippen LogP contribution >= 0.6 is 0 Å². The fourth-order valence-corrected chi connectivity index (χ4v) is 1.91. The van der Waals surface area contributed by atoms with Gasteiger partial charge in [-0.25, -0.2) is 9.78 Å². The van der Waals surface area contributed by atoms with E-state index in [9.17, 15) is 9.59 Å². The zero-order chi connectivity index (χ0) is 16.8. The summed E-state index contributed by atoms with van der Waals surface area (Å²) in [5.74, 6) is -0.173. The molecule has 8 nitrogen and oxygen atoms in total. The third kappa shape index (κ3) is 6.55. The Morgan fingerprint density at radius 1 is 1.36 bits per heavy atom. The summed E-state index contributed by atoms with van der Waals surface area (Å²) >= 11 is 0. The van der Waals surface area contributed by atoms with Gasteiger partial charge in [0.15, 0.2) is 0 Å². The second kappa shape index (κ2) is 7.77. The highest BCUT2D eigenvalue weighted by molar-refractivity contribution is 5.84. The van der Waals surface area contributed by atoms with Crippen molar-refractivity contribution in [3.63, 3.8) is 0 Å². The van der Waals surface area contributed by atoms with E-state index in [1.54, 1.807) is 11.0 Å². The molecule has 1 aromatic heterocycles. The molecule has 1 aromatic rings. The largest absolute Gasteiger partial charge is 0.350 e. The van der Waals surface area contributed by atoms with E-state index >= 15 is 0 Å². The van der Waals surface area contributed by atoms with Crippen LogP contribution < -0.4 is 10.6 Å². The van der Waals surface area contributed by atoms with E-state index in [1.165, 1.54) is 11.2 Å². The summed E-state index contributed by atoms with van der Waals surface area (Å²) in [6, 6.07) is -0.381. The molecule has 0 unspecified atom stereocenters. The van der Waals surface area contributed by atoms with Crippen molar-refractivity contribution in [1.29, 1.82) is 0 Å². The van der Waals surface area contributed by atoms with Crippen LogP contribution in [0.3, 0.4) is 0 Å². The highest BCUT2D eigenvalue weighted by Gasteiger charge is 2.20. The van der Waals surface area contributed by atoms with Crippen molar-refractivity contribution in [1.82, 2.24) is 30.3 Å². The number of carbonyl (C=O) groups excluding carboxylic acids is 2. The quantitative estimate of drug-likeness (QED) is 0.805. The first kappa shape index (κ1) is 17.9. The number of aromatic nitrogens is 3. The number of nitrogens with one attached hydrogen (secondary N) is 2. The number of likely N-dealkylation sites (N-methyl/N-ethyl adjacent to an activating group) is 1. The predicted molar refractivity (Wildman–Crippen MR) is 83.2 cm³/mol. The third-order valence-electron chi connectivity index (χ3n) is 2.82. The minimum absolute atomic E-state index is 0.0373. The van der Waals surface area contributed by atoms with Crippen molar-refractivity contribution in [2.45, 2.75) is 52.7 Å². The van der Waals surface area contributed by atoms with E-state index in [1.807, 2.05) is 34.6 Å². The molecular formula is C14H26N6O2. The van der Waals surface area contributed by atoms with Crippen LogP contribution in [-0.4, -0.2) is 56.3 Å². The summed E-state index contributed by atoms with van der Waals surface area (Å²) in [7, 11) is 0. The molecule has 8 heteroatoms.